The molecule has 2 aromatic rings. The number of fused-ring (bicyclic) bond motifs is 4. The lowest BCUT2D eigenvalue weighted by Gasteiger charge is -2.57. The zero-order valence-corrected chi connectivity index (χ0v) is 17.8. The maximum atomic E-state index is 10.1. The van der Waals surface area contributed by atoms with Crippen LogP contribution in [0.2, 0.25) is 10.0 Å². The summed E-state index contributed by atoms with van der Waals surface area (Å²) in [6.45, 7) is 3.95. The van der Waals surface area contributed by atoms with Crippen LogP contribution in [0.25, 0.3) is 0 Å². The molecular weight excluding hydrogens is 393 g/mol. The molecule has 2 bridgehead atoms. The van der Waals surface area contributed by atoms with Crippen molar-refractivity contribution in [1.82, 2.24) is 10.2 Å². The van der Waals surface area contributed by atoms with Crippen molar-refractivity contribution < 1.29 is 5.11 Å². The molecule has 28 heavy (non-hydrogen) atoms. The number of benzene rings is 2. The Hall–Kier alpha value is -1.30. The lowest BCUT2D eigenvalue weighted by atomic mass is 9.62. The summed E-state index contributed by atoms with van der Waals surface area (Å²) in [5.41, 5.74) is 10.1. The number of hydrogen-bond acceptors (Lipinski definition) is 4. The van der Waals surface area contributed by atoms with Gasteiger partial charge < -0.3 is 21.1 Å². The molecule has 0 spiro atoms. The number of phenolic OH excluding ortho intramolecular Hbond substituents is 1. The Bertz CT molecular complexity index is 890. The monoisotopic (exact) mass is 419 g/mol. The fourth-order valence-corrected chi connectivity index (χ4v) is 5.37. The summed E-state index contributed by atoms with van der Waals surface area (Å²) >= 11 is 12.2. The number of likely N-dealkylation sites (N-methyl/N-ethyl adjacent to an activating group) is 1. The van der Waals surface area contributed by atoms with Gasteiger partial charge in [-0.1, -0.05) is 42.3 Å². The van der Waals surface area contributed by atoms with E-state index in [-0.39, 0.29) is 17.7 Å². The number of nitrogens with zero attached hydrogens (tertiary/aromatic N) is 1. The van der Waals surface area contributed by atoms with Crippen LogP contribution in [0.1, 0.15) is 23.6 Å². The highest BCUT2D eigenvalue weighted by Gasteiger charge is 2.53. The summed E-state index contributed by atoms with van der Waals surface area (Å²) in [5, 5.41) is 15.0. The molecule has 2 aromatic carbocycles. The standard InChI is InChI=1S/C22H27Cl2N3O/c1-13-12-27(2)20-10-15-4-5-16(28)11-17(15)22(13,25)21(20)26-8-7-14-3-6-18(23)19(24)9-14/h3-6,9,11,13,20-21,26,28H,7-8,10,12,25H2,1-2H3/t13-,20-,21-,22-/m1/s1. The number of nitrogens with two attached hydrogens (primary N) is 1. The third-order valence-corrected chi connectivity index (χ3v) is 7.33. The molecule has 150 valence electrons. The Morgan fingerprint density at radius 2 is 2.00 bits per heavy atom. The molecule has 0 unspecified atom stereocenters. The Morgan fingerprint density at radius 3 is 2.75 bits per heavy atom. The van der Waals surface area contributed by atoms with Crippen molar-refractivity contribution in [3.8, 4) is 5.75 Å². The molecule has 4 atom stereocenters. The summed E-state index contributed by atoms with van der Waals surface area (Å²) in [5.74, 6) is 0.541. The van der Waals surface area contributed by atoms with Crippen molar-refractivity contribution in [3.63, 3.8) is 0 Å². The maximum Gasteiger partial charge on any atom is 0.115 e. The van der Waals surface area contributed by atoms with Gasteiger partial charge in [-0.3, -0.25) is 0 Å². The largest absolute Gasteiger partial charge is 0.508 e. The summed E-state index contributed by atoms with van der Waals surface area (Å²) in [6, 6.07) is 11.9. The van der Waals surface area contributed by atoms with Gasteiger partial charge in [-0.05, 0) is 73.3 Å². The molecule has 4 nitrogen and oxygen atoms in total. The second kappa shape index (κ2) is 7.51. The van der Waals surface area contributed by atoms with Gasteiger partial charge >= 0.3 is 0 Å². The lowest BCUT2D eigenvalue weighted by Crippen LogP contribution is -2.73. The van der Waals surface area contributed by atoms with Gasteiger partial charge in [0.2, 0.25) is 0 Å². The molecule has 0 amide bonds. The minimum Gasteiger partial charge on any atom is -0.508 e. The van der Waals surface area contributed by atoms with Gasteiger partial charge in [-0.2, -0.15) is 0 Å². The van der Waals surface area contributed by atoms with Crippen LogP contribution in [-0.4, -0.2) is 42.2 Å². The third-order valence-electron chi connectivity index (χ3n) is 6.59. The number of likely N-dealkylation sites (tertiary alicyclic amines) is 1. The smallest absolute Gasteiger partial charge is 0.115 e. The quantitative estimate of drug-likeness (QED) is 0.708. The number of nitrogens with one attached hydrogen (secondary N) is 1. The first-order valence-corrected chi connectivity index (χ1v) is 10.5. The molecule has 1 aliphatic carbocycles. The van der Waals surface area contributed by atoms with E-state index in [2.05, 4.69) is 24.2 Å². The fourth-order valence-electron chi connectivity index (χ4n) is 5.05. The van der Waals surface area contributed by atoms with E-state index in [1.165, 1.54) is 5.56 Å². The van der Waals surface area contributed by atoms with Gasteiger partial charge in [0, 0.05) is 18.6 Å². The number of piperidine rings is 1. The number of phenols is 1. The Labute approximate surface area is 176 Å². The van der Waals surface area contributed by atoms with Crippen molar-refractivity contribution in [3.05, 3.63) is 63.1 Å². The van der Waals surface area contributed by atoms with E-state index in [0.29, 0.717) is 16.1 Å². The minimum absolute atomic E-state index is 0.110. The van der Waals surface area contributed by atoms with Gasteiger partial charge in [0.15, 0.2) is 0 Å². The molecule has 2 aliphatic rings. The van der Waals surface area contributed by atoms with Crippen molar-refractivity contribution in [2.45, 2.75) is 37.4 Å². The van der Waals surface area contributed by atoms with Crippen LogP contribution >= 0.6 is 23.2 Å². The predicted octanol–water partition coefficient (Wildman–Crippen LogP) is 3.56. The molecule has 0 aromatic heterocycles. The minimum atomic E-state index is -0.513. The molecule has 1 aliphatic heterocycles. The lowest BCUT2D eigenvalue weighted by molar-refractivity contribution is 0.0169. The van der Waals surface area contributed by atoms with Gasteiger partial charge in [0.25, 0.3) is 0 Å². The van der Waals surface area contributed by atoms with Crippen molar-refractivity contribution in [2.24, 2.45) is 11.7 Å². The summed E-state index contributed by atoms with van der Waals surface area (Å²) < 4.78 is 0. The van der Waals surface area contributed by atoms with Gasteiger partial charge in [0.1, 0.15) is 5.75 Å². The highest BCUT2D eigenvalue weighted by Crippen LogP contribution is 2.45. The predicted molar refractivity (Wildman–Crippen MR) is 115 cm³/mol. The fraction of sp³-hybridized carbons (Fsp3) is 0.455. The van der Waals surface area contributed by atoms with Crippen LogP contribution in [-0.2, 0) is 18.4 Å². The highest BCUT2D eigenvalue weighted by atomic mass is 35.5. The summed E-state index contributed by atoms with van der Waals surface area (Å²) in [4.78, 5) is 2.42. The maximum absolute atomic E-state index is 10.1. The molecule has 0 radical (unpaired) electrons. The number of aromatic hydroxyl groups is 1. The first kappa shape index (κ1) is 20.0. The Kier molecular flexibility index (Phi) is 5.36. The number of hydrogen-bond donors (Lipinski definition) is 3. The second-order valence-electron chi connectivity index (χ2n) is 8.32. The first-order valence-electron chi connectivity index (χ1n) is 9.79. The van der Waals surface area contributed by atoms with Gasteiger partial charge in [-0.25, -0.2) is 0 Å². The SMILES string of the molecule is C[C@@H]1CN(C)[C@@H]2Cc3ccc(O)cc3[C@@]1(N)[C@@H]2NCCc1ccc(Cl)c(Cl)c1. The van der Waals surface area contributed by atoms with Crippen LogP contribution in [0.5, 0.6) is 5.75 Å². The highest BCUT2D eigenvalue weighted by molar-refractivity contribution is 6.42. The molecule has 1 heterocycles. The normalized spacial score (nSPS) is 29.5. The second-order valence-corrected chi connectivity index (χ2v) is 9.13. The van der Waals surface area contributed by atoms with Crippen LogP contribution in [0.15, 0.2) is 36.4 Å². The molecular formula is C22H27Cl2N3O. The first-order chi connectivity index (χ1) is 13.3. The molecule has 4 N–H and O–H groups in total. The topological polar surface area (TPSA) is 61.5 Å². The van der Waals surface area contributed by atoms with Crippen LogP contribution < -0.4 is 11.1 Å². The van der Waals surface area contributed by atoms with Crippen molar-refractivity contribution >= 4 is 23.2 Å². The zero-order valence-electron chi connectivity index (χ0n) is 16.3. The molecule has 6 heteroatoms. The summed E-state index contributed by atoms with van der Waals surface area (Å²) in [7, 11) is 2.18. The number of rotatable bonds is 4. The van der Waals surface area contributed by atoms with E-state index in [1.54, 1.807) is 6.07 Å². The van der Waals surface area contributed by atoms with E-state index < -0.39 is 5.54 Å². The third kappa shape index (κ3) is 3.31. The average molecular weight is 420 g/mol. The van der Waals surface area contributed by atoms with E-state index >= 15 is 0 Å². The van der Waals surface area contributed by atoms with Crippen LogP contribution in [0.4, 0.5) is 0 Å². The number of halogens is 2. The average Bonchev–Trinajstić information content (AvgIpc) is 2.65. The molecule has 1 saturated heterocycles. The summed E-state index contributed by atoms with van der Waals surface area (Å²) in [6.07, 6.45) is 1.78. The van der Waals surface area contributed by atoms with E-state index in [0.717, 1.165) is 37.1 Å². The van der Waals surface area contributed by atoms with Crippen molar-refractivity contribution in [2.75, 3.05) is 20.1 Å². The molecule has 4 rings (SSSR count). The van der Waals surface area contributed by atoms with E-state index in [9.17, 15) is 5.11 Å². The van der Waals surface area contributed by atoms with E-state index in [1.807, 2.05) is 30.3 Å². The molecule has 1 fully saturated rings. The van der Waals surface area contributed by atoms with Crippen LogP contribution in [0.3, 0.4) is 0 Å². The Balaban J connectivity index is 1.59. The van der Waals surface area contributed by atoms with Gasteiger partial charge in [-0.15, -0.1) is 0 Å². The zero-order chi connectivity index (χ0) is 20.1. The van der Waals surface area contributed by atoms with Crippen LogP contribution in [0, 0.1) is 5.92 Å². The van der Waals surface area contributed by atoms with E-state index in [4.69, 9.17) is 28.9 Å². The van der Waals surface area contributed by atoms with Crippen molar-refractivity contribution in [1.29, 1.82) is 0 Å². The molecule has 0 saturated carbocycles. The van der Waals surface area contributed by atoms with Gasteiger partial charge in [0.05, 0.1) is 15.6 Å². The Morgan fingerprint density at radius 1 is 1.21 bits per heavy atom.